The van der Waals surface area contributed by atoms with Crippen molar-refractivity contribution in [2.75, 3.05) is 11.4 Å². The standard InChI is InChI=1S/C13H12ClN3O2/c14-11-6-12(16-9-15-11)17(8-13(18)19)7-10-4-2-1-3-5-10/h1-6,9H,7-8H2,(H,18,19). The molecule has 1 N–H and O–H groups in total. The Bertz CT molecular complexity index is 563. The van der Waals surface area contributed by atoms with Gasteiger partial charge in [0, 0.05) is 12.6 Å². The zero-order valence-corrected chi connectivity index (χ0v) is 10.8. The molecule has 0 saturated carbocycles. The summed E-state index contributed by atoms with van der Waals surface area (Å²) in [5.41, 5.74) is 0.999. The lowest BCUT2D eigenvalue weighted by Gasteiger charge is -2.21. The molecular formula is C13H12ClN3O2. The van der Waals surface area contributed by atoms with Crippen LogP contribution in [0.1, 0.15) is 5.56 Å². The van der Waals surface area contributed by atoms with Gasteiger partial charge in [-0.1, -0.05) is 41.9 Å². The molecule has 1 heterocycles. The van der Waals surface area contributed by atoms with Gasteiger partial charge in [0.05, 0.1) is 0 Å². The van der Waals surface area contributed by atoms with Crippen molar-refractivity contribution in [3.8, 4) is 0 Å². The lowest BCUT2D eigenvalue weighted by molar-refractivity contribution is -0.135. The Morgan fingerprint density at radius 2 is 2.00 bits per heavy atom. The summed E-state index contributed by atoms with van der Waals surface area (Å²) in [6, 6.07) is 11.1. The van der Waals surface area contributed by atoms with Crippen molar-refractivity contribution in [2.24, 2.45) is 0 Å². The van der Waals surface area contributed by atoms with Gasteiger partial charge in [-0.2, -0.15) is 0 Å². The third kappa shape index (κ3) is 3.93. The summed E-state index contributed by atoms with van der Waals surface area (Å²) in [6.45, 7) is 0.294. The van der Waals surface area contributed by atoms with E-state index in [9.17, 15) is 4.79 Å². The van der Waals surface area contributed by atoms with Crippen LogP contribution in [0.5, 0.6) is 0 Å². The summed E-state index contributed by atoms with van der Waals surface area (Å²) in [6.07, 6.45) is 1.32. The Labute approximate surface area is 115 Å². The fourth-order valence-corrected chi connectivity index (χ4v) is 1.82. The average Bonchev–Trinajstić information content (AvgIpc) is 2.39. The second-order valence-electron chi connectivity index (χ2n) is 3.93. The topological polar surface area (TPSA) is 66.3 Å². The van der Waals surface area contributed by atoms with Crippen LogP contribution < -0.4 is 4.90 Å². The number of aromatic nitrogens is 2. The molecule has 19 heavy (non-hydrogen) atoms. The van der Waals surface area contributed by atoms with Crippen molar-refractivity contribution in [3.05, 3.63) is 53.4 Å². The van der Waals surface area contributed by atoms with Gasteiger partial charge >= 0.3 is 5.97 Å². The number of anilines is 1. The zero-order chi connectivity index (χ0) is 13.7. The Hall–Kier alpha value is -2.14. The minimum absolute atomic E-state index is 0.151. The molecule has 0 saturated heterocycles. The molecule has 2 aromatic rings. The summed E-state index contributed by atoms with van der Waals surface area (Å²) < 4.78 is 0. The molecule has 0 radical (unpaired) electrons. The minimum Gasteiger partial charge on any atom is -0.480 e. The molecule has 0 aliphatic rings. The third-order valence-corrected chi connectivity index (χ3v) is 2.69. The maximum atomic E-state index is 10.9. The fraction of sp³-hybridized carbons (Fsp3) is 0.154. The van der Waals surface area contributed by atoms with Gasteiger partial charge in [-0.15, -0.1) is 0 Å². The van der Waals surface area contributed by atoms with Crippen LogP contribution >= 0.6 is 11.6 Å². The quantitative estimate of drug-likeness (QED) is 0.849. The van der Waals surface area contributed by atoms with Gasteiger partial charge in [-0.05, 0) is 5.56 Å². The molecule has 0 aliphatic heterocycles. The first-order valence-electron chi connectivity index (χ1n) is 5.63. The number of hydrogen-bond acceptors (Lipinski definition) is 4. The van der Waals surface area contributed by atoms with Crippen LogP contribution in [0.15, 0.2) is 42.7 Å². The van der Waals surface area contributed by atoms with Crippen LogP contribution in [0.25, 0.3) is 0 Å². The van der Waals surface area contributed by atoms with Gasteiger partial charge in [0.2, 0.25) is 0 Å². The van der Waals surface area contributed by atoms with E-state index in [4.69, 9.17) is 16.7 Å². The normalized spacial score (nSPS) is 10.2. The minimum atomic E-state index is -0.925. The van der Waals surface area contributed by atoms with Crippen LogP contribution in [-0.2, 0) is 11.3 Å². The number of aliphatic carboxylic acids is 1. The highest BCUT2D eigenvalue weighted by Gasteiger charge is 2.13. The van der Waals surface area contributed by atoms with Crippen molar-refractivity contribution in [2.45, 2.75) is 6.54 Å². The number of benzene rings is 1. The second-order valence-corrected chi connectivity index (χ2v) is 4.32. The number of carboxylic acids is 1. The van der Waals surface area contributed by atoms with E-state index in [1.165, 1.54) is 6.33 Å². The van der Waals surface area contributed by atoms with E-state index in [1.807, 2.05) is 30.3 Å². The van der Waals surface area contributed by atoms with Crippen LogP contribution in [0.4, 0.5) is 5.82 Å². The molecule has 0 spiro atoms. The molecule has 0 unspecified atom stereocenters. The maximum Gasteiger partial charge on any atom is 0.323 e. The summed E-state index contributed by atoms with van der Waals surface area (Å²) in [4.78, 5) is 20.4. The Morgan fingerprint density at radius 1 is 1.26 bits per heavy atom. The second kappa shape index (κ2) is 6.15. The van der Waals surface area contributed by atoms with E-state index in [0.29, 0.717) is 12.4 Å². The SMILES string of the molecule is O=C(O)CN(Cc1ccccc1)c1cc(Cl)ncn1. The van der Waals surface area contributed by atoms with Crippen molar-refractivity contribution in [3.63, 3.8) is 0 Å². The van der Waals surface area contributed by atoms with Gasteiger partial charge in [0.15, 0.2) is 0 Å². The molecule has 0 amide bonds. The lowest BCUT2D eigenvalue weighted by Crippen LogP contribution is -2.29. The zero-order valence-electron chi connectivity index (χ0n) is 10.0. The molecule has 0 fully saturated rings. The summed E-state index contributed by atoms with van der Waals surface area (Å²) in [7, 11) is 0. The van der Waals surface area contributed by atoms with Gasteiger partial charge in [0.1, 0.15) is 23.8 Å². The third-order valence-electron chi connectivity index (χ3n) is 2.49. The number of halogens is 1. The van der Waals surface area contributed by atoms with E-state index >= 15 is 0 Å². The predicted molar refractivity (Wildman–Crippen MR) is 72.2 cm³/mol. The van der Waals surface area contributed by atoms with Gasteiger partial charge in [0.25, 0.3) is 0 Å². The van der Waals surface area contributed by atoms with Gasteiger partial charge < -0.3 is 10.0 Å². The molecule has 1 aromatic carbocycles. The molecule has 0 atom stereocenters. The van der Waals surface area contributed by atoms with Crippen molar-refractivity contribution in [1.29, 1.82) is 0 Å². The van der Waals surface area contributed by atoms with Crippen LogP contribution in [0.3, 0.4) is 0 Å². The van der Waals surface area contributed by atoms with Crippen molar-refractivity contribution >= 4 is 23.4 Å². The highest BCUT2D eigenvalue weighted by molar-refractivity contribution is 6.29. The highest BCUT2D eigenvalue weighted by Crippen LogP contribution is 2.16. The van der Waals surface area contributed by atoms with Crippen molar-refractivity contribution < 1.29 is 9.90 Å². The Balaban J connectivity index is 2.23. The summed E-state index contributed by atoms with van der Waals surface area (Å²) >= 11 is 5.80. The molecule has 1 aromatic heterocycles. The number of carbonyl (C=O) groups is 1. The first-order valence-corrected chi connectivity index (χ1v) is 6.01. The summed E-state index contributed by atoms with van der Waals surface area (Å²) in [5, 5.41) is 9.26. The van der Waals surface area contributed by atoms with Crippen LogP contribution in [0, 0.1) is 0 Å². The van der Waals surface area contributed by atoms with Crippen LogP contribution in [-0.4, -0.2) is 27.6 Å². The van der Waals surface area contributed by atoms with E-state index < -0.39 is 5.97 Å². The first-order chi connectivity index (χ1) is 9.15. The number of rotatable bonds is 5. The number of carboxylic acid groups (broad SMARTS) is 1. The number of hydrogen-bond donors (Lipinski definition) is 1. The fourth-order valence-electron chi connectivity index (χ4n) is 1.68. The van der Waals surface area contributed by atoms with Gasteiger partial charge in [-0.3, -0.25) is 4.79 Å². The average molecular weight is 278 g/mol. The largest absolute Gasteiger partial charge is 0.480 e. The Kier molecular flexibility index (Phi) is 4.30. The molecule has 2 rings (SSSR count). The molecule has 5 nitrogen and oxygen atoms in total. The molecule has 98 valence electrons. The van der Waals surface area contributed by atoms with E-state index in [0.717, 1.165) is 5.56 Å². The van der Waals surface area contributed by atoms with Crippen molar-refractivity contribution in [1.82, 2.24) is 9.97 Å². The Morgan fingerprint density at radius 3 is 2.63 bits per heavy atom. The van der Waals surface area contributed by atoms with E-state index in [-0.39, 0.29) is 11.7 Å². The monoisotopic (exact) mass is 277 g/mol. The molecule has 6 heteroatoms. The molecule has 0 aliphatic carbocycles. The maximum absolute atomic E-state index is 10.9. The molecule has 0 bridgehead atoms. The summed E-state index contributed by atoms with van der Waals surface area (Å²) in [5.74, 6) is -0.433. The van der Waals surface area contributed by atoms with E-state index in [2.05, 4.69) is 9.97 Å². The lowest BCUT2D eigenvalue weighted by atomic mass is 10.2. The highest BCUT2D eigenvalue weighted by atomic mass is 35.5. The predicted octanol–water partition coefficient (Wildman–Crippen LogP) is 2.22. The first kappa shape index (κ1) is 13.3. The molecular weight excluding hydrogens is 266 g/mol. The van der Waals surface area contributed by atoms with E-state index in [1.54, 1.807) is 11.0 Å². The van der Waals surface area contributed by atoms with Crippen LogP contribution in [0.2, 0.25) is 5.15 Å². The smallest absolute Gasteiger partial charge is 0.323 e. The van der Waals surface area contributed by atoms with Gasteiger partial charge in [-0.25, -0.2) is 9.97 Å². The number of nitrogens with zero attached hydrogens (tertiary/aromatic N) is 3.